The van der Waals surface area contributed by atoms with E-state index in [1.54, 1.807) is 6.07 Å². The van der Waals surface area contributed by atoms with Gasteiger partial charge in [-0.25, -0.2) is 4.39 Å². The zero-order chi connectivity index (χ0) is 15.4. The van der Waals surface area contributed by atoms with Gasteiger partial charge in [0.15, 0.2) is 0 Å². The molecule has 0 aromatic heterocycles. The van der Waals surface area contributed by atoms with Gasteiger partial charge in [-0.15, -0.1) is 0 Å². The zero-order valence-electron chi connectivity index (χ0n) is 12.7. The normalized spacial score (nSPS) is 12.4. The predicted molar refractivity (Wildman–Crippen MR) is 87.5 cm³/mol. The van der Waals surface area contributed by atoms with Crippen LogP contribution in [0, 0.1) is 5.82 Å². The standard InChI is InChI=1S/C18H21ClFN/c1-4-12-6-7-14(10-13(12)5-2)18(21-3)15-8-9-16(19)17(20)11-15/h6-11,18,21H,4-5H2,1-3H3. The van der Waals surface area contributed by atoms with Crippen LogP contribution in [0.1, 0.15) is 42.1 Å². The lowest BCUT2D eigenvalue weighted by molar-refractivity contribution is 0.617. The molecule has 1 unspecified atom stereocenters. The Morgan fingerprint density at radius 3 is 2.19 bits per heavy atom. The molecule has 0 fully saturated rings. The molecule has 2 aromatic rings. The fourth-order valence-electron chi connectivity index (χ4n) is 2.72. The van der Waals surface area contributed by atoms with E-state index in [1.165, 1.54) is 17.2 Å². The van der Waals surface area contributed by atoms with Crippen molar-refractivity contribution in [2.75, 3.05) is 7.05 Å². The third kappa shape index (κ3) is 3.45. The number of nitrogens with one attached hydrogen (secondary N) is 1. The van der Waals surface area contributed by atoms with Crippen molar-refractivity contribution in [3.05, 3.63) is 69.5 Å². The summed E-state index contributed by atoms with van der Waals surface area (Å²) in [6.07, 6.45) is 2.03. The van der Waals surface area contributed by atoms with E-state index in [4.69, 9.17) is 11.6 Å². The van der Waals surface area contributed by atoms with Crippen molar-refractivity contribution in [2.24, 2.45) is 0 Å². The molecule has 1 atom stereocenters. The highest BCUT2D eigenvalue weighted by atomic mass is 35.5. The molecule has 2 rings (SSSR count). The highest BCUT2D eigenvalue weighted by molar-refractivity contribution is 6.30. The second-order valence-electron chi connectivity index (χ2n) is 5.13. The smallest absolute Gasteiger partial charge is 0.142 e. The fourth-order valence-corrected chi connectivity index (χ4v) is 2.83. The van der Waals surface area contributed by atoms with Crippen LogP contribution in [0.2, 0.25) is 5.02 Å². The Morgan fingerprint density at radius 2 is 1.62 bits per heavy atom. The molecule has 0 amide bonds. The van der Waals surface area contributed by atoms with Gasteiger partial charge >= 0.3 is 0 Å². The quantitative estimate of drug-likeness (QED) is 0.827. The van der Waals surface area contributed by atoms with Gasteiger partial charge in [-0.3, -0.25) is 0 Å². The van der Waals surface area contributed by atoms with Gasteiger partial charge in [-0.05, 0) is 54.3 Å². The van der Waals surface area contributed by atoms with Gasteiger partial charge in [-0.1, -0.05) is 49.7 Å². The first kappa shape index (κ1) is 16.0. The molecule has 0 saturated heterocycles. The van der Waals surface area contributed by atoms with Crippen molar-refractivity contribution in [1.29, 1.82) is 0 Å². The summed E-state index contributed by atoms with van der Waals surface area (Å²) in [5.41, 5.74) is 4.75. The molecule has 0 aliphatic heterocycles. The second kappa shape index (κ2) is 7.06. The SMILES string of the molecule is CCc1ccc(C(NC)c2ccc(Cl)c(F)c2)cc1CC. The van der Waals surface area contributed by atoms with Crippen LogP contribution in [-0.2, 0) is 12.8 Å². The molecule has 0 radical (unpaired) electrons. The first-order valence-corrected chi connectivity index (χ1v) is 7.72. The Balaban J connectivity index is 2.43. The molecule has 3 heteroatoms. The van der Waals surface area contributed by atoms with Gasteiger partial charge in [-0.2, -0.15) is 0 Å². The number of hydrogen-bond donors (Lipinski definition) is 1. The topological polar surface area (TPSA) is 12.0 Å². The average Bonchev–Trinajstić information content (AvgIpc) is 2.51. The molecule has 21 heavy (non-hydrogen) atoms. The van der Waals surface area contributed by atoms with Gasteiger partial charge in [0, 0.05) is 0 Å². The Morgan fingerprint density at radius 1 is 1.00 bits per heavy atom. The largest absolute Gasteiger partial charge is 0.309 e. The van der Waals surface area contributed by atoms with Gasteiger partial charge in [0.05, 0.1) is 11.1 Å². The molecule has 0 aliphatic carbocycles. The minimum absolute atomic E-state index is 0.0343. The number of halogens is 2. The van der Waals surface area contributed by atoms with Crippen LogP contribution in [0.25, 0.3) is 0 Å². The minimum atomic E-state index is -0.379. The van der Waals surface area contributed by atoms with Crippen molar-refractivity contribution in [1.82, 2.24) is 5.32 Å². The van der Waals surface area contributed by atoms with E-state index in [0.717, 1.165) is 24.0 Å². The van der Waals surface area contributed by atoms with Crippen LogP contribution in [0.3, 0.4) is 0 Å². The summed E-state index contributed by atoms with van der Waals surface area (Å²) in [6, 6.07) is 11.4. The van der Waals surface area contributed by atoms with E-state index >= 15 is 0 Å². The van der Waals surface area contributed by atoms with Gasteiger partial charge in [0.25, 0.3) is 0 Å². The summed E-state index contributed by atoms with van der Waals surface area (Å²) in [6.45, 7) is 4.33. The van der Waals surface area contributed by atoms with Crippen molar-refractivity contribution < 1.29 is 4.39 Å². The molecule has 1 nitrogen and oxygen atoms in total. The Bertz CT molecular complexity index is 625. The number of aryl methyl sites for hydroxylation is 2. The molecule has 0 heterocycles. The minimum Gasteiger partial charge on any atom is -0.309 e. The van der Waals surface area contributed by atoms with Crippen LogP contribution in [-0.4, -0.2) is 7.05 Å². The van der Waals surface area contributed by atoms with E-state index < -0.39 is 0 Å². The summed E-state index contributed by atoms with van der Waals surface area (Å²) in [5, 5.41) is 3.42. The second-order valence-corrected chi connectivity index (χ2v) is 5.54. The van der Waals surface area contributed by atoms with Gasteiger partial charge in [0.2, 0.25) is 0 Å². The summed E-state index contributed by atoms with van der Waals surface area (Å²) in [7, 11) is 1.89. The molecule has 1 N–H and O–H groups in total. The lowest BCUT2D eigenvalue weighted by Gasteiger charge is -2.19. The van der Waals surface area contributed by atoms with Gasteiger partial charge < -0.3 is 5.32 Å². The highest BCUT2D eigenvalue weighted by Crippen LogP contribution is 2.27. The van der Waals surface area contributed by atoms with Crippen LogP contribution in [0.5, 0.6) is 0 Å². The average molecular weight is 306 g/mol. The summed E-state index contributed by atoms with van der Waals surface area (Å²) in [4.78, 5) is 0. The Kier molecular flexibility index (Phi) is 5.38. The molecule has 0 aliphatic rings. The number of benzene rings is 2. The molecular formula is C18H21ClFN. The molecule has 0 spiro atoms. The van der Waals surface area contributed by atoms with Crippen LogP contribution in [0.4, 0.5) is 4.39 Å². The van der Waals surface area contributed by atoms with E-state index in [1.807, 2.05) is 13.1 Å². The summed E-state index contributed by atoms with van der Waals surface area (Å²) in [5.74, 6) is -0.379. The van der Waals surface area contributed by atoms with E-state index in [0.29, 0.717) is 0 Å². The van der Waals surface area contributed by atoms with Crippen LogP contribution < -0.4 is 5.32 Å². The lowest BCUT2D eigenvalue weighted by atomic mass is 9.93. The van der Waals surface area contributed by atoms with E-state index in [9.17, 15) is 4.39 Å². The van der Waals surface area contributed by atoms with E-state index in [2.05, 4.69) is 37.4 Å². The third-order valence-electron chi connectivity index (χ3n) is 3.89. The Hall–Kier alpha value is -1.38. The summed E-state index contributed by atoms with van der Waals surface area (Å²) >= 11 is 5.77. The zero-order valence-corrected chi connectivity index (χ0v) is 13.5. The van der Waals surface area contributed by atoms with Crippen molar-refractivity contribution in [3.8, 4) is 0 Å². The van der Waals surface area contributed by atoms with E-state index in [-0.39, 0.29) is 16.9 Å². The Labute approximate surface area is 131 Å². The van der Waals surface area contributed by atoms with Crippen LogP contribution >= 0.6 is 11.6 Å². The van der Waals surface area contributed by atoms with Crippen LogP contribution in [0.15, 0.2) is 36.4 Å². The fraction of sp³-hybridized carbons (Fsp3) is 0.333. The maximum atomic E-state index is 13.7. The maximum absolute atomic E-state index is 13.7. The molecule has 112 valence electrons. The predicted octanol–water partition coefficient (Wildman–Crippen LogP) is 4.91. The highest BCUT2D eigenvalue weighted by Gasteiger charge is 2.15. The first-order chi connectivity index (χ1) is 10.1. The van der Waals surface area contributed by atoms with Gasteiger partial charge in [0.1, 0.15) is 5.82 Å². The monoisotopic (exact) mass is 305 g/mol. The number of hydrogen-bond acceptors (Lipinski definition) is 1. The molecule has 2 aromatic carbocycles. The van der Waals surface area contributed by atoms with Crippen molar-refractivity contribution >= 4 is 11.6 Å². The molecule has 0 saturated carbocycles. The third-order valence-corrected chi connectivity index (χ3v) is 4.20. The summed E-state index contributed by atoms with van der Waals surface area (Å²) < 4.78 is 13.7. The van der Waals surface area contributed by atoms with Crippen molar-refractivity contribution in [2.45, 2.75) is 32.7 Å². The van der Waals surface area contributed by atoms with Crippen molar-refractivity contribution in [3.63, 3.8) is 0 Å². The molecular weight excluding hydrogens is 285 g/mol. The lowest BCUT2D eigenvalue weighted by Crippen LogP contribution is -2.18. The number of rotatable bonds is 5. The maximum Gasteiger partial charge on any atom is 0.142 e. The first-order valence-electron chi connectivity index (χ1n) is 7.34. The molecule has 0 bridgehead atoms.